The summed E-state index contributed by atoms with van der Waals surface area (Å²) in [5, 5.41) is 0. The van der Waals surface area contributed by atoms with E-state index in [4.69, 9.17) is 5.73 Å². The fourth-order valence-electron chi connectivity index (χ4n) is 1.43. The van der Waals surface area contributed by atoms with Crippen LogP contribution in [-0.4, -0.2) is 4.57 Å². The molecule has 0 aliphatic carbocycles. The lowest BCUT2D eigenvalue weighted by atomic mass is 10.2. The van der Waals surface area contributed by atoms with Gasteiger partial charge in [-0.3, -0.25) is 0 Å². The predicted molar refractivity (Wildman–Crippen MR) is 55.6 cm³/mol. The molecule has 0 atom stereocenters. The van der Waals surface area contributed by atoms with Crippen LogP contribution in [0.5, 0.6) is 0 Å². The molecule has 1 heterocycles. The molecule has 2 aromatic rings. The summed E-state index contributed by atoms with van der Waals surface area (Å²) in [4.78, 5) is 0. The Hall–Kier alpha value is -1.77. The number of hydrogen-bond donors (Lipinski definition) is 1. The molecule has 2 rings (SSSR count). The second kappa shape index (κ2) is 3.54. The maximum absolute atomic E-state index is 5.61. The second-order valence-electron chi connectivity index (χ2n) is 3.49. The third-order valence-electron chi connectivity index (χ3n) is 2.17. The van der Waals surface area contributed by atoms with E-state index < -0.39 is 0 Å². The summed E-state index contributed by atoms with van der Waals surface area (Å²) in [6.07, 6.45) is 6.13. The third kappa shape index (κ3) is 1.93. The van der Waals surface area contributed by atoms with Gasteiger partial charge in [-0.15, -0.1) is 0 Å². The molecule has 1 aromatic carbocycles. The highest BCUT2D eigenvalue weighted by molar-refractivity contribution is 5.38. The van der Waals surface area contributed by atoms with Crippen molar-refractivity contribution in [3.63, 3.8) is 0 Å². The monoisotopic (exact) mass is 188 g/mol. The van der Waals surface area contributed by atoms with Crippen molar-refractivity contribution in [2.45, 2.75) is 6.54 Å². The van der Waals surface area contributed by atoms with Gasteiger partial charge in [-0.1, -0.05) is 12.1 Å². The van der Waals surface area contributed by atoms with Crippen LogP contribution < -0.4 is 10.3 Å². The summed E-state index contributed by atoms with van der Waals surface area (Å²) in [6.45, 7) is 0.890. The lowest BCUT2D eigenvalue weighted by Gasteiger charge is -1.98. The number of nitrogens with zero attached hydrogens (tertiary/aromatic N) is 2. The molecule has 0 saturated heterocycles. The first kappa shape index (κ1) is 8.81. The van der Waals surface area contributed by atoms with E-state index >= 15 is 0 Å². The summed E-state index contributed by atoms with van der Waals surface area (Å²) in [6, 6.07) is 7.96. The smallest absolute Gasteiger partial charge is 0.243 e. The highest BCUT2D eigenvalue weighted by Gasteiger charge is 2.00. The number of benzene rings is 1. The minimum Gasteiger partial charge on any atom is -0.399 e. The molecule has 14 heavy (non-hydrogen) atoms. The van der Waals surface area contributed by atoms with Crippen molar-refractivity contribution in [3.8, 4) is 0 Å². The molecule has 0 fully saturated rings. The largest absolute Gasteiger partial charge is 0.399 e. The van der Waals surface area contributed by atoms with Crippen molar-refractivity contribution in [2.24, 2.45) is 7.05 Å². The van der Waals surface area contributed by atoms with Gasteiger partial charge in [0, 0.05) is 5.69 Å². The van der Waals surface area contributed by atoms with E-state index in [0.29, 0.717) is 0 Å². The highest BCUT2D eigenvalue weighted by atomic mass is 15.1. The van der Waals surface area contributed by atoms with Crippen LogP contribution in [0.3, 0.4) is 0 Å². The van der Waals surface area contributed by atoms with Crippen LogP contribution in [0.15, 0.2) is 43.0 Å². The lowest BCUT2D eigenvalue weighted by Crippen LogP contribution is -2.31. The first-order valence-corrected chi connectivity index (χ1v) is 4.59. The summed E-state index contributed by atoms with van der Waals surface area (Å²) in [7, 11) is 2.01. The number of nitrogen functional groups attached to an aromatic ring is 1. The molecule has 3 nitrogen and oxygen atoms in total. The zero-order valence-corrected chi connectivity index (χ0v) is 8.22. The quantitative estimate of drug-likeness (QED) is 0.552. The number of nitrogens with two attached hydrogens (primary N) is 1. The lowest BCUT2D eigenvalue weighted by molar-refractivity contribution is -0.687. The van der Waals surface area contributed by atoms with Crippen LogP contribution in [0.4, 0.5) is 5.69 Å². The van der Waals surface area contributed by atoms with Crippen molar-refractivity contribution in [3.05, 3.63) is 48.5 Å². The molecule has 72 valence electrons. The SMILES string of the molecule is Cn1cc[n+](Cc2ccc(N)cc2)c1. The minimum absolute atomic E-state index is 0.812. The first-order valence-electron chi connectivity index (χ1n) is 4.59. The summed E-state index contributed by atoms with van der Waals surface area (Å²) in [5.74, 6) is 0. The summed E-state index contributed by atoms with van der Waals surface area (Å²) >= 11 is 0. The van der Waals surface area contributed by atoms with Gasteiger partial charge in [-0.25, -0.2) is 9.13 Å². The fourth-order valence-corrected chi connectivity index (χ4v) is 1.43. The average Bonchev–Trinajstić information content (AvgIpc) is 2.56. The van der Waals surface area contributed by atoms with Crippen LogP contribution in [0.25, 0.3) is 0 Å². The van der Waals surface area contributed by atoms with Crippen molar-refractivity contribution >= 4 is 5.69 Å². The Labute approximate surface area is 83.4 Å². The Balaban J connectivity index is 2.15. The molecule has 0 unspecified atom stereocenters. The number of aromatic nitrogens is 2. The molecule has 0 radical (unpaired) electrons. The number of rotatable bonds is 2. The summed E-state index contributed by atoms with van der Waals surface area (Å²) in [5.41, 5.74) is 7.68. The Morgan fingerprint density at radius 2 is 2.00 bits per heavy atom. The molecule has 0 saturated carbocycles. The van der Waals surface area contributed by atoms with Crippen molar-refractivity contribution in [1.29, 1.82) is 0 Å². The Morgan fingerprint density at radius 1 is 1.29 bits per heavy atom. The van der Waals surface area contributed by atoms with Gasteiger partial charge < -0.3 is 5.73 Å². The predicted octanol–water partition coefficient (Wildman–Crippen LogP) is 0.943. The molecule has 1 aromatic heterocycles. The van der Waals surface area contributed by atoms with Gasteiger partial charge in [-0.05, 0) is 17.7 Å². The second-order valence-corrected chi connectivity index (χ2v) is 3.49. The van der Waals surface area contributed by atoms with E-state index in [9.17, 15) is 0 Å². The maximum Gasteiger partial charge on any atom is 0.243 e. The van der Waals surface area contributed by atoms with E-state index in [1.807, 2.05) is 29.9 Å². The number of anilines is 1. The van der Waals surface area contributed by atoms with Crippen LogP contribution in [-0.2, 0) is 13.6 Å². The van der Waals surface area contributed by atoms with E-state index in [2.05, 4.69) is 29.2 Å². The van der Waals surface area contributed by atoms with Gasteiger partial charge in [0.2, 0.25) is 6.33 Å². The van der Waals surface area contributed by atoms with Gasteiger partial charge in [0.1, 0.15) is 18.9 Å². The van der Waals surface area contributed by atoms with Crippen LogP contribution in [0, 0.1) is 0 Å². The van der Waals surface area contributed by atoms with Crippen molar-refractivity contribution < 1.29 is 4.57 Å². The van der Waals surface area contributed by atoms with Crippen molar-refractivity contribution in [1.82, 2.24) is 4.57 Å². The molecule has 0 aliphatic heterocycles. The molecule has 0 amide bonds. The number of aryl methyl sites for hydroxylation is 1. The molecular weight excluding hydrogens is 174 g/mol. The van der Waals surface area contributed by atoms with Crippen LogP contribution in [0.1, 0.15) is 5.56 Å². The van der Waals surface area contributed by atoms with E-state index in [1.165, 1.54) is 5.56 Å². The van der Waals surface area contributed by atoms with Gasteiger partial charge in [0.15, 0.2) is 0 Å². The Bertz CT molecular complexity index is 414. The minimum atomic E-state index is 0.812. The third-order valence-corrected chi connectivity index (χ3v) is 2.17. The molecule has 0 spiro atoms. The molecule has 0 bridgehead atoms. The van der Waals surface area contributed by atoms with E-state index in [0.717, 1.165) is 12.2 Å². The van der Waals surface area contributed by atoms with E-state index in [1.54, 1.807) is 0 Å². The molecule has 3 heteroatoms. The number of imidazole rings is 1. The molecule has 2 N–H and O–H groups in total. The van der Waals surface area contributed by atoms with E-state index in [-0.39, 0.29) is 0 Å². The van der Waals surface area contributed by atoms with Gasteiger partial charge in [0.25, 0.3) is 0 Å². The topological polar surface area (TPSA) is 34.8 Å². The van der Waals surface area contributed by atoms with Crippen LogP contribution >= 0.6 is 0 Å². The Kier molecular flexibility index (Phi) is 2.23. The van der Waals surface area contributed by atoms with Gasteiger partial charge in [-0.2, -0.15) is 0 Å². The van der Waals surface area contributed by atoms with Gasteiger partial charge in [0.05, 0.1) is 7.05 Å². The maximum atomic E-state index is 5.61. The fraction of sp³-hybridized carbons (Fsp3) is 0.182. The normalized spacial score (nSPS) is 10.4. The standard InChI is InChI=1S/C11H14N3/c1-13-6-7-14(9-13)8-10-2-4-11(12)5-3-10/h2-7,9H,8,12H2,1H3/q+1. The zero-order chi connectivity index (χ0) is 9.97. The average molecular weight is 188 g/mol. The van der Waals surface area contributed by atoms with Gasteiger partial charge >= 0.3 is 0 Å². The highest BCUT2D eigenvalue weighted by Crippen LogP contribution is 2.04. The van der Waals surface area contributed by atoms with Crippen molar-refractivity contribution in [2.75, 3.05) is 5.73 Å². The summed E-state index contributed by atoms with van der Waals surface area (Å²) < 4.78 is 4.16. The molecule has 0 aliphatic rings. The number of hydrogen-bond acceptors (Lipinski definition) is 1. The first-order chi connectivity index (χ1) is 6.74. The van der Waals surface area contributed by atoms with Crippen LogP contribution in [0.2, 0.25) is 0 Å². The Morgan fingerprint density at radius 3 is 2.57 bits per heavy atom. The molecular formula is C11H14N3+. The zero-order valence-electron chi connectivity index (χ0n) is 8.22.